The van der Waals surface area contributed by atoms with Crippen molar-refractivity contribution >= 4 is 33.6 Å². The number of rotatable bonds is 7. The second kappa shape index (κ2) is 24.1. The Morgan fingerprint density at radius 1 is 0.914 bits per heavy atom. The number of aromatic hydroxyl groups is 2. The number of nitrogens with one attached hydrogen (secondary N) is 3. The van der Waals surface area contributed by atoms with E-state index in [1.165, 1.54) is 13.3 Å². The van der Waals surface area contributed by atoms with E-state index in [1.807, 2.05) is 33.7 Å². The molecule has 0 radical (unpaired) electrons. The number of methoxy groups -OCH3 is 1. The molecule has 4 fully saturated rings. The summed E-state index contributed by atoms with van der Waals surface area (Å²) in [6.45, 7) is 1.39. The molecule has 16 unspecified atom stereocenters. The van der Waals surface area contributed by atoms with Crippen LogP contribution in [0.5, 0.6) is 28.7 Å². The summed E-state index contributed by atoms with van der Waals surface area (Å²) >= 11 is 0. The van der Waals surface area contributed by atoms with Gasteiger partial charge < -0.3 is 70.9 Å². The molecule has 3 saturated carbocycles. The lowest BCUT2D eigenvalue weighted by Gasteiger charge is -2.62. The third-order valence-electron chi connectivity index (χ3n) is 23.7. The van der Waals surface area contributed by atoms with E-state index in [9.17, 15) is 30.3 Å². The summed E-state index contributed by atoms with van der Waals surface area (Å²) in [6, 6.07) is 16.6. The minimum absolute atomic E-state index is 0.0247. The zero-order chi connectivity index (χ0) is 63.5. The first-order valence-corrected chi connectivity index (χ1v) is 36.4. The van der Waals surface area contributed by atoms with Gasteiger partial charge in [-0.1, -0.05) is 125 Å². The van der Waals surface area contributed by atoms with Gasteiger partial charge in [0.2, 0.25) is 0 Å². The van der Waals surface area contributed by atoms with Gasteiger partial charge in [-0.2, -0.15) is 0 Å². The molecule has 15 nitrogen and oxygen atoms in total. The first-order chi connectivity index (χ1) is 45.2. The summed E-state index contributed by atoms with van der Waals surface area (Å²) in [4.78, 5) is 13.5. The average Bonchev–Trinajstić information content (AvgIpc) is 1.66. The zero-order valence-corrected chi connectivity index (χ0v) is 54.6. The number of aliphatic hydroxyl groups excluding tert-OH is 2. The van der Waals surface area contributed by atoms with Crippen molar-refractivity contribution in [1.29, 1.82) is 0 Å². The molecule has 12 aliphatic rings. The highest BCUT2D eigenvalue weighted by molar-refractivity contribution is 8.76. The van der Waals surface area contributed by atoms with Crippen molar-refractivity contribution in [2.45, 2.75) is 156 Å². The number of esters is 1. The number of nitrogens with two attached hydrogens (primary N) is 1. The number of allylic oxidation sites excluding steroid dienone is 4. The van der Waals surface area contributed by atoms with Crippen molar-refractivity contribution in [3.63, 3.8) is 0 Å². The number of phenols is 2. The maximum Gasteiger partial charge on any atom is 0.302 e. The first kappa shape index (κ1) is 61.5. The van der Waals surface area contributed by atoms with Crippen molar-refractivity contribution in [3.05, 3.63) is 140 Å². The highest BCUT2D eigenvalue weighted by Crippen LogP contribution is 2.72. The monoisotopic (exact) mass is 1290 g/mol. The average molecular weight is 1290 g/mol. The fourth-order valence-electron chi connectivity index (χ4n) is 19.8. The summed E-state index contributed by atoms with van der Waals surface area (Å²) in [6.07, 6.45) is 21.6. The number of benzene rings is 4. The molecule has 11 bridgehead atoms. The number of hydrogen-bond acceptors (Lipinski definition) is 17. The van der Waals surface area contributed by atoms with E-state index in [2.05, 4.69) is 106 Å². The van der Waals surface area contributed by atoms with E-state index in [1.54, 1.807) is 13.2 Å². The third kappa shape index (κ3) is 10.1. The molecule has 93 heavy (non-hydrogen) atoms. The minimum atomic E-state index is -1.30. The lowest BCUT2D eigenvalue weighted by Crippen LogP contribution is -2.63. The summed E-state index contributed by atoms with van der Waals surface area (Å²) in [5.74, 6) is 15.7. The fourth-order valence-corrected chi connectivity index (χ4v) is 22.5. The number of carbonyl (C=O) groups is 1. The maximum absolute atomic E-state index is 14.2. The first-order valence-electron chi connectivity index (χ1n) is 33.9. The molecular formula is C76H84N4O11S2. The van der Waals surface area contributed by atoms with E-state index in [0.717, 1.165) is 82.4 Å². The van der Waals surface area contributed by atoms with Gasteiger partial charge in [-0.3, -0.25) is 4.79 Å². The van der Waals surface area contributed by atoms with Gasteiger partial charge in [0.05, 0.1) is 36.0 Å². The van der Waals surface area contributed by atoms with Crippen LogP contribution >= 0.6 is 21.6 Å². The number of phenolic OH excluding ortho intramolecular Hbond substituents is 2. The van der Waals surface area contributed by atoms with E-state index in [-0.39, 0.29) is 55.2 Å². The Hall–Kier alpha value is -6.35. The number of dihydropyridines is 1. The molecule has 3 spiro atoms. The Labute approximate surface area is 552 Å². The third-order valence-corrected chi connectivity index (χ3v) is 26.2. The topological polar surface area (TPSA) is 226 Å². The summed E-state index contributed by atoms with van der Waals surface area (Å²) in [7, 11) is 5.42. The van der Waals surface area contributed by atoms with Crippen LogP contribution in [0.2, 0.25) is 0 Å². The molecule has 0 aromatic heterocycles. The van der Waals surface area contributed by atoms with Gasteiger partial charge in [0.15, 0.2) is 18.3 Å². The van der Waals surface area contributed by atoms with Crippen LogP contribution in [-0.4, -0.2) is 113 Å². The molecule has 16 rings (SSSR count). The molecule has 6 aliphatic carbocycles. The Bertz CT molecular complexity index is 3970. The van der Waals surface area contributed by atoms with Crippen LogP contribution < -0.4 is 35.9 Å². The lowest BCUT2D eigenvalue weighted by atomic mass is 9.43. The minimum Gasteiger partial charge on any atom is -0.508 e. The molecule has 486 valence electrons. The number of hydrogen-bond donors (Lipinski definition) is 9. The molecule has 10 N–H and O–H groups in total. The molecule has 16 atom stereocenters. The van der Waals surface area contributed by atoms with Crippen LogP contribution in [0.1, 0.15) is 146 Å². The standard InChI is InChI=1S/C76H84N4O11S2/c1-42(83)88-37-58-52-14-15-54-64-47(30-51(84)31-61(64)89-41-82)32-74-24-23-73(40-74)25-26-75(86)21-3-4-22-76(75)49-9-5-7-43(28-49)27-46-12-11-45(13-18-59-53(72(73)76)17-20-63(77)80-59)65-56(34-78-33-48(35-81)57(46)36-87-2)68(85)71-55(66(65)69(58)91-70(52)67(54)74)16-19-60-62(90-71)39-93-92-38-44-8-6-10-50(29-44)79-60/h5,7,9,14-17,19-20,25-26,28,30-31,44-46,48,50,57-58,60,62-63,69,72,78-82,84-86H,3-4,6,8,10,21-24,27,29,32-41,77H2,1-2H3. The van der Waals surface area contributed by atoms with Gasteiger partial charge in [0.25, 0.3) is 0 Å². The largest absolute Gasteiger partial charge is 0.508 e. The highest BCUT2D eigenvalue weighted by atomic mass is 33.1. The van der Waals surface area contributed by atoms with Gasteiger partial charge in [-0.25, -0.2) is 0 Å². The SMILES string of the molecule is COCC1C2C#CC3C#CC4=C(C=CC(N)N4)C4C5(C=CC6(O)CCCCC46c4cccc(c4)C2)CCC2(Cc4cc(O)cc(OCO)c4-c4ccc6c(c42)OC(c2c4c(c(O)c(c23)CNCC1CO)OC1CSSCC2CCCC(C2)NC1C=C4)C6COC(C)=O)C5. The van der Waals surface area contributed by atoms with E-state index < -0.39 is 76.7 Å². The maximum atomic E-state index is 14.2. The summed E-state index contributed by atoms with van der Waals surface area (Å²) < 4.78 is 34.2. The van der Waals surface area contributed by atoms with Gasteiger partial charge >= 0.3 is 5.97 Å². The Balaban J connectivity index is 1.06. The molecular weight excluding hydrogens is 1210 g/mol. The van der Waals surface area contributed by atoms with Crippen molar-refractivity contribution in [2.24, 2.45) is 40.7 Å². The normalized spacial score (nSPS) is 35.3. The Morgan fingerprint density at radius 3 is 2.66 bits per heavy atom. The number of carbonyl (C=O) groups excluding carboxylic acids is 1. The fraction of sp³-hybridized carbons (Fsp3) is 0.513. The Kier molecular flexibility index (Phi) is 15.9. The van der Waals surface area contributed by atoms with Crippen molar-refractivity contribution < 1.29 is 54.0 Å². The lowest BCUT2D eigenvalue weighted by molar-refractivity contribution is -0.141. The van der Waals surface area contributed by atoms with Gasteiger partial charge in [-0.15, -0.1) is 0 Å². The number of aliphatic hydroxyl groups is 3. The summed E-state index contributed by atoms with van der Waals surface area (Å²) in [5.41, 5.74) is 14.0. The zero-order valence-electron chi connectivity index (χ0n) is 52.9. The molecule has 1 saturated heterocycles. The van der Waals surface area contributed by atoms with Gasteiger partial charge in [-0.05, 0) is 127 Å². The molecule has 6 heterocycles. The molecule has 6 aliphatic heterocycles. The van der Waals surface area contributed by atoms with E-state index >= 15 is 0 Å². The van der Waals surface area contributed by atoms with Crippen molar-refractivity contribution in [2.75, 3.05) is 51.8 Å². The quantitative estimate of drug-likeness (QED) is 0.0276. The predicted molar refractivity (Wildman–Crippen MR) is 359 cm³/mol. The van der Waals surface area contributed by atoms with Crippen LogP contribution in [0.25, 0.3) is 17.2 Å². The molecule has 4 aromatic carbocycles. The Morgan fingerprint density at radius 2 is 1.80 bits per heavy atom. The smallest absolute Gasteiger partial charge is 0.302 e. The highest BCUT2D eigenvalue weighted by Gasteiger charge is 2.68. The van der Waals surface area contributed by atoms with Crippen LogP contribution in [0.15, 0.2) is 90.2 Å². The second-order valence-electron chi connectivity index (χ2n) is 28.8. The van der Waals surface area contributed by atoms with Crippen molar-refractivity contribution in [3.8, 4) is 63.6 Å². The van der Waals surface area contributed by atoms with E-state index in [0.29, 0.717) is 115 Å². The molecule has 17 heteroatoms. The molecule has 0 amide bonds. The van der Waals surface area contributed by atoms with Crippen LogP contribution in [0.4, 0.5) is 0 Å². The van der Waals surface area contributed by atoms with E-state index in [4.69, 9.17) is 29.4 Å². The molecule has 4 aromatic rings. The van der Waals surface area contributed by atoms with Crippen LogP contribution in [0.3, 0.4) is 0 Å². The van der Waals surface area contributed by atoms with Gasteiger partial charge in [0, 0.05) is 125 Å². The van der Waals surface area contributed by atoms with Crippen molar-refractivity contribution in [1.82, 2.24) is 16.0 Å². The predicted octanol–water partition coefficient (Wildman–Crippen LogP) is 9.90. The number of fused-ring (bicyclic) bond motifs is 12. The van der Waals surface area contributed by atoms with Gasteiger partial charge in [0.1, 0.15) is 42.0 Å². The second-order valence-corrected chi connectivity index (χ2v) is 31.4. The van der Waals surface area contributed by atoms with Crippen LogP contribution in [-0.2, 0) is 44.5 Å². The van der Waals surface area contributed by atoms with Crippen LogP contribution in [0, 0.1) is 58.7 Å². The summed E-state index contributed by atoms with van der Waals surface area (Å²) in [5, 5.41) is 73.4. The number of ether oxygens (including phenoxy) is 5.